The third kappa shape index (κ3) is 2.67. The second-order valence-electron chi connectivity index (χ2n) is 2.79. The molecule has 0 aliphatic carbocycles. The van der Waals surface area contributed by atoms with Crippen molar-refractivity contribution in [2.45, 2.75) is 0 Å². The molecule has 7 heteroatoms. The summed E-state index contributed by atoms with van der Waals surface area (Å²) in [6, 6.07) is 3.26. The number of nitrogens with zero attached hydrogens (tertiary/aromatic N) is 1. The maximum Gasteiger partial charge on any atom is 0.339 e. The molecule has 1 N–H and O–H groups in total. The Morgan fingerprint density at radius 2 is 2.25 bits per heavy atom. The van der Waals surface area contributed by atoms with Gasteiger partial charge in [0, 0.05) is 13.2 Å². The van der Waals surface area contributed by atoms with Crippen molar-refractivity contribution in [3.05, 3.63) is 33.9 Å². The number of carboxylic acid groups (broad SMARTS) is 1. The van der Waals surface area contributed by atoms with E-state index in [9.17, 15) is 14.9 Å². The predicted molar refractivity (Wildman–Crippen MR) is 52.6 cm³/mol. The van der Waals surface area contributed by atoms with Crippen molar-refractivity contribution < 1.29 is 24.3 Å². The summed E-state index contributed by atoms with van der Waals surface area (Å²) in [7, 11) is 1.36. The molecule has 16 heavy (non-hydrogen) atoms. The minimum absolute atomic E-state index is 0.0939. The molecule has 0 unspecified atom stereocenters. The quantitative estimate of drug-likeness (QED) is 0.462. The smallest absolute Gasteiger partial charge is 0.339 e. The first kappa shape index (κ1) is 11.9. The molecule has 0 saturated carbocycles. The summed E-state index contributed by atoms with van der Waals surface area (Å²) in [5.41, 5.74) is -0.390. The van der Waals surface area contributed by atoms with Crippen molar-refractivity contribution in [1.29, 1.82) is 0 Å². The van der Waals surface area contributed by atoms with Crippen LogP contribution in [0.5, 0.6) is 5.75 Å². The lowest BCUT2D eigenvalue weighted by atomic mass is 10.2. The number of rotatable bonds is 5. The van der Waals surface area contributed by atoms with Crippen LogP contribution in [-0.2, 0) is 4.74 Å². The van der Waals surface area contributed by atoms with E-state index in [2.05, 4.69) is 4.74 Å². The largest absolute Gasteiger partial charge is 0.478 e. The molecular formula is C9H9NO6. The molecule has 86 valence electrons. The summed E-state index contributed by atoms with van der Waals surface area (Å²) in [5, 5.41) is 19.3. The fourth-order valence-corrected chi connectivity index (χ4v) is 1.04. The van der Waals surface area contributed by atoms with Gasteiger partial charge in [-0.3, -0.25) is 10.1 Å². The molecule has 0 heterocycles. The summed E-state index contributed by atoms with van der Waals surface area (Å²) in [6.45, 7) is -0.179. The lowest BCUT2D eigenvalue weighted by molar-refractivity contribution is -0.385. The van der Waals surface area contributed by atoms with E-state index in [-0.39, 0.29) is 23.8 Å². The number of aromatic carboxylic acids is 1. The summed E-state index contributed by atoms with van der Waals surface area (Å²) < 4.78 is 9.53. The highest BCUT2D eigenvalue weighted by atomic mass is 16.7. The Hall–Kier alpha value is -2.15. The number of non-ortho nitro benzene ring substituents is 1. The SMILES string of the molecule is COCOc1cc([N+](=O)[O-])ccc1C(=O)O. The molecule has 0 aromatic heterocycles. The molecule has 1 aromatic rings. The summed E-state index contributed by atoms with van der Waals surface area (Å²) in [4.78, 5) is 20.6. The maximum atomic E-state index is 10.8. The molecule has 0 radical (unpaired) electrons. The van der Waals surface area contributed by atoms with E-state index < -0.39 is 10.9 Å². The van der Waals surface area contributed by atoms with Crippen LogP contribution in [0.25, 0.3) is 0 Å². The molecule has 0 amide bonds. The predicted octanol–water partition coefficient (Wildman–Crippen LogP) is 1.28. The fourth-order valence-electron chi connectivity index (χ4n) is 1.04. The standard InChI is InChI=1S/C9H9NO6/c1-15-5-16-8-4-6(10(13)14)2-3-7(8)9(11)12/h2-4H,5H2,1H3,(H,11,12). The van der Waals surface area contributed by atoms with Gasteiger partial charge in [0.05, 0.1) is 11.0 Å². The Labute approximate surface area is 90.4 Å². The monoisotopic (exact) mass is 227 g/mol. The van der Waals surface area contributed by atoms with Crippen LogP contribution in [-0.4, -0.2) is 29.9 Å². The van der Waals surface area contributed by atoms with Gasteiger partial charge >= 0.3 is 5.97 Å². The van der Waals surface area contributed by atoms with E-state index in [4.69, 9.17) is 9.84 Å². The Kier molecular flexibility index (Phi) is 3.78. The fraction of sp³-hybridized carbons (Fsp3) is 0.222. The molecule has 0 aliphatic rings. The van der Waals surface area contributed by atoms with Gasteiger partial charge in [-0.25, -0.2) is 4.79 Å². The Morgan fingerprint density at radius 3 is 2.75 bits per heavy atom. The van der Waals surface area contributed by atoms with E-state index in [1.54, 1.807) is 0 Å². The van der Waals surface area contributed by atoms with Crippen LogP contribution in [0.15, 0.2) is 18.2 Å². The van der Waals surface area contributed by atoms with Gasteiger partial charge < -0.3 is 14.6 Å². The molecule has 0 saturated heterocycles. The second-order valence-corrected chi connectivity index (χ2v) is 2.79. The van der Waals surface area contributed by atoms with Crippen molar-refractivity contribution >= 4 is 11.7 Å². The first-order valence-electron chi connectivity index (χ1n) is 4.19. The molecule has 7 nitrogen and oxygen atoms in total. The molecule has 0 bridgehead atoms. The highest BCUT2D eigenvalue weighted by molar-refractivity contribution is 5.91. The minimum Gasteiger partial charge on any atom is -0.478 e. The van der Waals surface area contributed by atoms with Gasteiger partial charge in [-0.2, -0.15) is 0 Å². The van der Waals surface area contributed by atoms with Gasteiger partial charge in [0.15, 0.2) is 6.79 Å². The van der Waals surface area contributed by atoms with Crippen molar-refractivity contribution in [1.82, 2.24) is 0 Å². The number of hydrogen-bond donors (Lipinski definition) is 1. The molecular weight excluding hydrogens is 218 g/mol. The number of ether oxygens (including phenoxy) is 2. The number of methoxy groups -OCH3 is 1. The zero-order valence-electron chi connectivity index (χ0n) is 8.37. The summed E-state index contributed by atoms with van der Waals surface area (Å²) in [5.74, 6) is -1.32. The number of carboxylic acids is 1. The van der Waals surface area contributed by atoms with Crippen molar-refractivity contribution in [3.8, 4) is 5.75 Å². The molecule has 0 spiro atoms. The topological polar surface area (TPSA) is 98.9 Å². The summed E-state index contributed by atoms with van der Waals surface area (Å²) in [6.07, 6.45) is 0. The Bertz CT molecular complexity index is 416. The number of carbonyl (C=O) groups is 1. The van der Waals surface area contributed by atoms with E-state index >= 15 is 0 Å². The van der Waals surface area contributed by atoms with Crippen LogP contribution in [0, 0.1) is 10.1 Å². The van der Waals surface area contributed by atoms with Crippen molar-refractivity contribution in [3.63, 3.8) is 0 Å². The van der Waals surface area contributed by atoms with E-state index in [1.165, 1.54) is 7.11 Å². The zero-order valence-corrected chi connectivity index (χ0v) is 8.37. The molecule has 1 aromatic carbocycles. The maximum absolute atomic E-state index is 10.8. The number of benzene rings is 1. The number of nitro groups is 1. The van der Waals surface area contributed by atoms with Crippen LogP contribution in [0.4, 0.5) is 5.69 Å². The molecule has 0 atom stereocenters. The van der Waals surface area contributed by atoms with Crippen LogP contribution in [0.2, 0.25) is 0 Å². The first-order chi connectivity index (χ1) is 7.56. The first-order valence-corrected chi connectivity index (χ1v) is 4.19. The van der Waals surface area contributed by atoms with Gasteiger partial charge in [0.2, 0.25) is 0 Å². The van der Waals surface area contributed by atoms with E-state index in [0.717, 1.165) is 18.2 Å². The average molecular weight is 227 g/mol. The van der Waals surface area contributed by atoms with Gasteiger partial charge in [-0.15, -0.1) is 0 Å². The average Bonchev–Trinajstić information content (AvgIpc) is 2.25. The van der Waals surface area contributed by atoms with E-state index in [1.807, 2.05) is 0 Å². The Morgan fingerprint density at radius 1 is 1.56 bits per heavy atom. The minimum atomic E-state index is -1.22. The highest BCUT2D eigenvalue weighted by Crippen LogP contribution is 2.24. The molecule has 0 fully saturated rings. The van der Waals surface area contributed by atoms with Crippen LogP contribution >= 0.6 is 0 Å². The van der Waals surface area contributed by atoms with Gasteiger partial charge in [0.25, 0.3) is 5.69 Å². The third-order valence-corrected chi connectivity index (χ3v) is 1.74. The Balaban J connectivity index is 3.10. The lowest BCUT2D eigenvalue weighted by Gasteiger charge is -2.07. The van der Waals surface area contributed by atoms with Crippen molar-refractivity contribution in [2.24, 2.45) is 0 Å². The van der Waals surface area contributed by atoms with Crippen molar-refractivity contribution in [2.75, 3.05) is 13.9 Å². The van der Waals surface area contributed by atoms with Crippen LogP contribution in [0.3, 0.4) is 0 Å². The number of hydrogen-bond acceptors (Lipinski definition) is 5. The third-order valence-electron chi connectivity index (χ3n) is 1.74. The highest BCUT2D eigenvalue weighted by Gasteiger charge is 2.16. The van der Waals surface area contributed by atoms with Gasteiger partial charge in [-0.1, -0.05) is 0 Å². The van der Waals surface area contributed by atoms with Crippen LogP contribution in [0.1, 0.15) is 10.4 Å². The van der Waals surface area contributed by atoms with Crippen LogP contribution < -0.4 is 4.74 Å². The zero-order chi connectivity index (χ0) is 12.1. The molecule has 1 rings (SSSR count). The lowest BCUT2D eigenvalue weighted by Crippen LogP contribution is -2.06. The number of nitro benzene ring substituents is 1. The van der Waals surface area contributed by atoms with E-state index in [0.29, 0.717) is 0 Å². The van der Waals surface area contributed by atoms with Gasteiger partial charge in [-0.05, 0) is 6.07 Å². The van der Waals surface area contributed by atoms with Gasteiger partial charge in [0.1, 0.15) is 11.3 Å². The summed E-state index contributed by atoms with van der Waals surface area (Å²) >= 11 is 0. The normalized spacial score (nSPS) is 9.81. The molecule has 0 aliphatic heterocycles. The second kappa shape index (κ2) is 5.08.